The Hall–Kier alpha value is -2.16. The first-order valence-corrected chi connectivity index (χ1v) is 7.08. The van der Waals surface area contributed by atoms with E-state index in [0.29, 0.717) is 17.2 Å². The summed E-state index contributed by atoms with van der Waals surface area (Å²) in [7, 11) is 1.72. The fraction of sp³-hybridized carbons (Fsp3) is 0.278. The second kappa shape index (κ2) is 6.53. The second-order valence-electron chi connectivity index (χ2n) is 5.51. The molecule has 2 rings (SSSR count). The van der Waals surface area contributed by atoms with Crippen molar-refractivity contribution in [1.82, 2.24) is 0 Å². The van der Waals surface area contributed by atoms with Gasteiger partial charge in [0.2, 0.25) is 0 Å². The van der Waals surface area contributed by atoms with E-state index in [4.69, 9.17) is 0 Å². The number of anilines is 1. The van der Waals surface area contributed by atoms with Gasteiger partial charge in [-0.15, -0.1) is 0 Å². The smallest absolute Gasteiger partial charge is 0.182 e. The number of carbonyl (C=O) groups is 1. The zero-order valence-electron chi connectivity index (χ0n) is 12.6. The normalized spacial score (nSPS) is 10.7. The number of ketones is 1. The Morgan fingerprint density at radius 1 is 1.10 bits per heavy atom. The third kappa shape index (κ3) is 3.69. The number of nitrogens with zero attached hydrogens (tertiary/aromatic N) is 1. The fourth-order valence-corrected chi connectivity index (χ4v) is 2.21. The lowest BCUT2D eigenvalue weighted by Gasteiger charge is -2.19. The van der Waals surface area contributed by atoms with Gasteiger partial charge in [-0.3, -0.25) is 4.79 Å². The Labute approximate surface area is 125 Å². The molecule has 0 saturated heterocycles. The number of hydrogen-bond donors (Lipinski definition) is 0. The predicted molar refractivity (Wildman–Crippen MR) is 84.5 cm³/mol. The summed E-state index contributed by atoms with van der Waals surface area (Å²) < 4.78 is 13.7. The summed E-state index contributed by atoms with van der Waals surface area (Å²) in [6.45, 7) is 4.38. The molecule has 0 aromatic heterocycles. The maximum atomic E-state index is 13.7. The fourth-order valence-electron chi connectivity index (χ4n) is 2.21. The van der Waals surface area contributed by atoms with Gasteiger partial charge in [0, 0.05) is 12.6 Å². The number of likely N-dealkylation sites (N-methyl/N-ethyl adjacent to an activating group) is 1. The molecule has 0 amide bonds. The molecule has 2 aromatic carbocycles. The molecule has 2 nitrogen and oxygen atoms in total. The Balaban J connectivity index is 2.09. The van der Waals surface area contributed by atoms with Crippen molar-refractivity contribution in [2.75, 3.05) is 18.5 Å². The maximum absolute atomic E-state index is 13.7. The molecule has 0 fully saturated rings. The van der Waals surface area contributed by atoms with Gasteiger partial charge < -0.3 is 4.90 Å². The first kappa shape index (κ1) is 15.2. The van der Waals surface area contributed by atoms with Crippen molar-refractivity contribution in [3.05, 3.63) is 65.5 Å². The molecular weight excluding hydrogens is 265 g/mol. The summed E-state index contributed by atoms with van der Waals surface area (Å²) in [6, 6.07) is 14.1. The molecule has 21 heavy (non-hydrogen) atoms. The van der Waals surface area contributed by atoms with Gasteiger partial charge in [-0.1, -0.05) is 50.2 Å². The molecule has 3 heteroatoms. The molecule has 0 atom stereocenters. The topological polar surface area (TPSA) is 20.3 Å². The number of Topliss-reactive ketones (excluding diaryl/α,β-unsaturated/α-hetero) is 1. The summed E-state index contributed by atoms with van der Waals surface area (Å²) in [5.74, 6) is 0.106. The van der Waals surface area contributed by atoms with E-state index in [-0.39, 0.29) is 18.1 Å². The minimum atomic E-state index is -0.317. The summed E-state index contributed by atoms with van der Waals surface area (Å²) >= 11 is 0. The Morgan fingerprint density at radius 3 is 2.29 bits per heavy atom. The first-order chi connectivity index (χ1) is 9.99. The quantitative estimate of drug-likeness (QED) is 0.765. The highest BCUT2D eigenvalue weighted by Crippen LogP contribution is 2.18. The van der Waals surface area contributed by atoms with Crippen LogP contribution in [0.2, 0.25) is 0 Å². The number of carbonyl (C=O) groups excluding carboxylic acids is 1. The molecule has 0 heterocycles. The molecule has 0 radical (unpaired) electrons. The zero-order chi connectivity index (χ0) is 15.4. The van der Waals surface area contributed by atoms with Crippen LogP contribution in [-0.2, 0) is 0 Å². The van der Waals surface area contributed by atoms with Crippen LogP contribution in [0.1, 0.15) is 35.7 Å². The minimum absolute atomic E-state index is 0.0175. The van der Waals surface area contributed by atoms with E-state index in [1.165, 1.54) is 11.6 Å². The highest BCUT2D eigenvalue weighted by Gasteiger charge is 2.13. The summed E-state index contributed by atoms with van der Waals surface area (Å²) in [5.41, 5.74) is 2.29. The Morgan fingerprint density at radius 2 is 1.71 bits per heavy atom. The van der Waals surface area contributed by atoms with Gasteiger partial charge in [0.1, 0.15) is 5.82 Å². The lowest BCUT2D eigenvalue weighted by molar-refractivity contribution is 0.1000. The van der Waals surface area contributed by atoms with Crippen LogP contribution >= 0.6 is 0 Å². The van der Waals surface area contributed by atoms with Crippen LogP contribution in [0, 0.1) is 5.82 Å². The van der Waals surface area contributed by atoms with E-state index in [2.05, 4.69) is 13.8 Å². The molecule has 0 aliphatic rings. The van der Waals surface area contributed by atoms with Gasteiger partial charge in [0.15, 0.2) is 5.78 Å². The number of hydrogen-bond acceptors (Lipinski definition) is 2. The van der Waals surface area contributed by atoms with Gasteiger partial charge >= 0.3 is 0 Å². The molecule has 0 bridgehead atoms. The molecule has 2 aromatic rings. The van der Waals surface area contributed by atoms with E-state index in [1.54, 1.807) is 30.1 Å². The molecular formula is C18H20FNO. The Kier molecular flexibility index (Phi) is 4.73. The number of benzene rings is 2. The van der Waals surface area contributed by atoms with E-state index in [9.17, 15) is 9.18 Å². The first-order valence-electron chi connectivity index (χ1n) is 7.08. The number of halogens is 1. The van der Waals surface area contributed by atoms with E-state index < -0.39 is 0 Å². The molecule has 0 aliphatic heterocycles. The molecule has 0 spiro atoms. The van der Waals surface area contributed by atoms with Crippen LogP contribution in [0.3, 0.4) is 0 Å². The highest BCUT2D eigenvalue weighted by atomic mass is 19.1. The maximum Gasteiger partial charge on any atom is 0.182 e. The van der Waals surface area contributed by atoms with Gasteiger partial charge in [-0.25, -0.2) is 4.39 Å². The van der Waals surface area contributed by atoms with Crippen LogP contribution in [0.15, 0.2) is 48.5 Å². The molecule has 110 valence electrons. The van der Waals surface area contributed by atoms with Crippen molar-refractivity contribution in [1.29, 1.82) is 0 Å². The largest absolute Gasteiger partial charge is 0.365 e. The van der Waals surface area contributed by atoms with Crippen LogP contribution < -0.4 is 4.90 Å². The lowest BCUT2D eigenvalue weighted by atomic mass is 10.0. The van der Waals surface area contributed by atoms with E-state index in [0.717, 1.165) is 0 Å². The summed E-state index contributed by atoms with van der Waals surface area (Å²) in [6.07, 6.45) is 0. The minimum Gasteiger partial charge on any atom is -0.365 e. The van der Waals surface area contributed by atoms with Crippen LogP contribution in [-0.4, -0.2) is 19.4 Å². The number of rotatable bonds is 5. The van der Waals surface area contributed by atoms with Crippen molar-refractivity contribution < 1.29 is 9.18 Å². The third-order valence-corrected chi connectivity index (χ3v) is 3.54. The summed E-state index contributed by atoms with van der Waals surface area (Å²) in [4.78, 5) is 13.9. The van der Waals surface area contributed by atoms with Gasteiger partial charge in [-0.2, -0.15) is 0 Å². The second-order valence-corrected chi connectivity index (χ2v) is 5.51. The molecule has 0 N–H and O–H groups in total. The SMILES string of the molecule is CC(C)c1ccc(C(=O)CN(C)c2ccccc2F)cc1. The zero-order valence-corrected chi connectivity index (χ0v) is 12.6. The van der Waals surface area contributed by atoms with E-state index in [1.807, 2.05) is 24.3 Å². The van der Waals surface area contributed by atoms with Crippen molar-refractivity contribution in [2.24, 2.45) is 0 Å². The summed E-state index contributed by atoms with van der Waals surface area (Å²) in [5, 5.41) is 0. The lowest BCUT2D eigenvalue weighted by Crippen LogP contribution is -2.26. The average molecular weight is 285 g/mol. The van der Waals surface area contributed by atoms with Crippen LogP contribution in [0.4, 0.5) is 10.1 Å². The van der Waals surface area contributed by atoms with Crippen molar-refractivity contribution >= 4 is 11.5 Å². The van der Waals surface area contributed by atoms with Crippen molar-refractivity contribution in [3.63, 3.8) is 0 Å². The molecule has 0 aliphatic carbocycles. The van der Waals surface area contributed by atoms with E-state index >= 15 is 0 Å². The monoisotopic (exact) mass is 285 g/mol. The van der Waals surface area contributed by atoms with Gasteiger partial charge in [0.05, 0.1) is 12.2 Å². The van der Waals surface area contributed by atoms with Crippen LogP contribution in [0.5, 0.6) is 0 Å². The van der Waals surface area contributed by atoms with Gasteiger partial charge in [0.25, 0.3) is 0 Å². The predicted octanol–water partition coefficient (Wildman–Crippen LogP) is 4.27. The highest BCUT2D eigenvalue weighted by molar-refractivity contribution is 5.99. The molecule has 0 saturated carbocycles. The number of para-hydroxylation sites is 1. The standard InChI is InChI=1S/C18H20FNO/c1-13(2)14-8-10-15(11-9-14)18(21)12-20(3)17-7-5-4-6-16(17)19/h4-11,13H,12H2,1-3H3. The third-order valence-electron chi connectivity index (χ3n) is 3.54. The van der Waals surface area contributed by atoms with Crippen LogP contribution in [0.25, 0.3) is 0 Å². The molecule has 0 unspecified atom stereocenters. The average Bonchev–Trinajstić information content (AvgIpc) is 2.47. The van der Waals surface area contributed by atoms with Crippen molar-refractivity contribution in [2.45, 2.75) is 19.8 Å². The van der Waals surface area contributed by atoms with Gasteiger partial charge in [-0.05, 0) is 23.6 Å². The Bertz CT molecular complexity index is 619. The van der Waals surface area contributed by atoms with Crippen molar-refractivity contribution in [3.8, 4) is 0 Å².